The number of halogens is 2. The van der Waals surface area contributed by atoms with Crippen LogP contribution in [0.1, 0.15) is 40.0 Å². The van der Waals surface area contributed by atoms with Gasteiger partial charge < -0.3 is 18.9 Å². The summed E-state index contributed by atoms with van der Waals surface area (Å²) in [6.45, 7) is 10.4. The summed E-state index contributed by atoms with van der Waals surface area (Å²) in [6.07, 6.45) is 4.06. The number of ether oxygens (including phenoxy) is 2. The van der Waals surface area contributed by atoms with Crippen LogP contribution in [0.4, 0.5) is 20.3 Å². The van der Waals surface area contributed by atoms with Crippen molar-refractivity contribution in [3.05, 3.63) is 59.2 Å². The maximum Gasteiger partial charge on any atom is 0.340 e. The second kappa shape index (κ2) is 11.4. The number of rotatable bonds is 9. The van der Waals surface area contributed by atoms with Crippen molar-refractivity contribution >= 4 is 36.5 Å². The normalized spacial score (nSPS) is 13.7. The van der Waals surface area contributed by atoms with Gasteiger partial charge in [0.1, 0.15) is 12.5 Å². The first-order valence-electron chi connectivity index (χ1n) is 13.8. The Hall–Kier alpha value is -3.57. The Kier molecular flexibility index (Phi) is 8.02. The predicted molar refractivity (Wildman–Crippen MR) is 159 cm³/mol. The van der Waals surface area contributed by atoms with Crippen LogP contribution < -0.4 is 4.90 Å². The summed E-state index contributed by atoms with van der Waals surface area (Å²) in [5.41, 5.74) is 4.72. The van der Waals surface area contributed by atoms with Crippen LogP contribution in [0.2, 0.25) is 25.7 Å². The maximum atomic E-state index is 14.3. The number of fused-ring (bicyclic) bond motifs is 2. The number of hydrogen-bond acceptors (Lipinski definition) is 6. The molecule has 1 aromatic carbocycles. The van der Waals surface area contributed by atoms with Crippen LogP contribution >= 0.6 is 0 Å². The lowest BCUT2D eigenvalue weighted by Crippen LogP contribution is -2.26. The third-order valence-electron chi connectivity index (χ3n) is 7.54. The van der Waals surface area contributed by atoms with Crippen LogP contribution in [0.15, 0.2) is 36.8 Å². The summed E-state index contributed by atoms with van der Waals surface area (Å²) in [7, 11) is 1.88. The van der Waals surface area contributed by atoms with Gasteiger partial charge in [-0.3, -0.25) is 4.68 Å². The van der Waals surface area contributed by atoms with Gasteiger partial charge in [0.25, 0.3) is 6.43 Å². The first kappa shape index (κ1) is 28.9. The molecule has 11 heteroatoms. The smallest absolute Gasteiger partial charge is 0.340 e. The number of carbonyl (C=O) groups excluding carboxylic acids is 1. The molecule has 5 rings (SSSR count). The highest BCUT2D eigenvalue weighted by molar-refractivity contribution is 6.76. The number of nitrogens with zero attached hydrogens (tertiary/aromatic N) is 5. The van der Waals surface area contributed by atoms with E-state index in [9.17, 15) is 13.6 Å². The van der Waals surface area contributed by atoms with Crippen molar-refractivity contribution in [1.82, 2.24) is 19.3 Å². The second-order valence-electron chi connectivity index (χ2n) is 11.8. The van der Waals surface area contributed by atoms with Crippen LogP contribution in [0.3, 0.4) is 0 Å². The SMILES string of the molecule is COC(=O)c1cn(COCC[Si](C)(C)C)c2c(C)nc(N3CCCc4cc(-c5cnn(C)c5)c(C(F)F)cc43)cc12. The minimum absolute atomic E-state index is 0.0432. The van der Waals surface area contributed by atoms with Gasteiger partial charge in [0.2, 0.25) is 0 Å². The van der Waals surface area contributed by atoms with Gasteiger partial charge in [-0.1, -0.05) is 19.6 Å². The molecule has 0 atom stereocenters. The molecule has 0 N–H and O–H groups in total. The Morgan fingerprint density at radius 1 is 1.17 bits per heavy atom. The van der Waals surface area contributed by atoms with Crippen molar-refractivity contribution in [3.63, 3.8) is 0 Å². The summed E-state index contributed by atoms with van der Waals surface area (Å²) in [5, 5.41) is 4.87. The summed E-state index contributed by atoms with van der Waals surface area (Å²) in [5.74, 6) is 0.153. The van der Waals surface area contributed by atoms with Crippen molar-refractivity contribution in [1.29, 1.82) is 0 Å². The van der Waals surface area contributed by atoms with E-state index in [0.29, 0.717) is 53.5 Å². The molecule has 0 saturated carbocycles. The van der Waals surface area contributed by atoms with Gasteiger partial charge in [-0.15, -0.1) is 0 Å². The molecule has 0 fully saturated rings. The number of pyridine rings is 1. The first-order valence-corrected chi connectivity index (χ1v) is 17.6. The Balaban J connectivity index is 1.57. The fourth-order valence-corrected chi connectivity index (χ4v) is 6.20. The average molecular weight is 582 g/mol. The number of alkyl halides is 2. The fraction of sp³-hybridized carbons (Fsp3) is 0.433. The van der Waals surface area contributed by atoms with Crippen LogP contribution in [0.25, 0.3) is 22.0 Å². The quantitative estimate of drug-likeness (QED) is 0.122. The lowest BCUT2D eigenvalue weighted by molar-refractivity contribution is 0.0601. The zero-order chi connectivity index (χ0) is 29.5. The van der Waals surface area contributed by atoms with Crippen molar-refractivity contribution in [2.24, 2.45) is 7.05 Å². The van der Waals surface area contributed by atoms with E-state index in [1.807, 2.05) is 28.5 Å². The van der Waals surface area contributed by atoms with Crippen molar-refractivity contribution in [2.75, 3.05) is 25.2 Å². The molecule has 4 heterocycles. The summed E-state index contributed by atoms with van der Waals surface area (Å²) >= 11 is 0. The highest BCUT2D eigenvalue weighted by Gasteiger charge is 2.27. The third-order valence-corrected chi connectivity index (χ3v) is 9.25. The number of hydrogen-bond donors (Lipinski definition) is 0. The van der Waals surface area contributed by atoms with Crippen molar-refractivity contribution in [3.8, 4) is 11.1 Å². The summed E-state index contributed by atoms with van der Waals surface area (Å²) < 4.78 is 43.3. The van der Waals surface area contributed by atoms with Crippen LogP contribution in [-0.4, -0.2) is 53.6 Å². The minimum Gasteiger partial charge on any atom is -0.465 e. The molecule has 3 aromatic heterocycles. The van der Waals surface area contributed by atoms with Crippen LogP contribution in [-0.2, 0) is 29.7 Å². The van der Waals surface area contributed by atoms with Crippen LogP contribution in [0, 0.1) is 6.92 Å². The van der Waals surface area contributed by atoms with Crippen molar-refractivity contribution in [2.45, 2.75) is 58.6 Å². The highest BCUT2D eigenvalue weighted by Crippen LogP contribution is 2.41. The number of aryl methyl sites for hydroxylation is 3. The zero-order valence-corrected chi connectivity index (χ0v) is 25.5. The number of anilines is 2. The van der Waals surface area contributed by atoms with Gasteiger partial charge in [-0.05, 0) is 55.1 Å². The summed E-state index contributed by atoms with van der Waals surface area (Å²) in [6, 6.07) is 6.34. The Morgan fingerprint density at radius 2 is 1.95 bits per heavy atom. The number of methoxy groups -OCH3 is 1. The number of carbonyl (C=O) groups is 1. The molecule has 0 aliphatic carbocycles. The Morgan fingerprint density at radius 3 is 2.61 bits per heavy atom. The molecule has 0 unspecified atom stereocenters. The minimum atomic E-state index is -2.66. The molecule has 0 radical (unpaired) electrons. The molecule has 0 spiro atoms. The van der Waals surface area contributed by atoms with E-state index in [-0.39, 0.29) is 5.56 Å². The van der Waals surface area contributed by atoms with Gasteiger partial charge in [-0.2, -0.15) is 5.10 Å². The van der Waals surface area contributed by atoms with Crippen molar-refractivity contribution < 1.29 is 23.0 Å². The highest BCUT2D eigenvalue weighted by atomic mass is 28.3. The molecule has 1 aliphatic heterocycles. The lowest BCUT2D eigenvalue weighted by atomic mass is 9.93. The molecule has 8 nitrogen and oxygen atoms in total. The Bertz CT molecular complexity index is 1590. The maximum absolute atomic E-state index is 14.3. The van der Waals surface area contributed by atoms with E-state index >= 15 is 0 Å². The van der Waals surface area contributed by atoms with Gasteiger partial charge in [0, 0.05) is 62.9 Å². The average Bonchev–Trinajstić information content (AvgIpc) is 3.52. The monoisotopic (exact) mass is 581 g/mol. The molecular formula is C30H37F2N5O3Si. The Labute approximate surface area is 239 Å². The predicted octanol–water partition coefficient (Wildman–Crippen LogP) is 6.87. The largest absolute Gasteiger partial charge is 0.465 e. The van der Waals surface area contributed by atoms with Gasteiger partial charge in [0.05, 0.1) is 30.1 Å². The van der Waals surface area contributed by atoms with Gasteiger partial charge in [0.15, 0.2) is 0 Å². The third kappa shape index (κ3) is 5.92. The first-order chi connectivity index (χ1) is 19.5. The summed E-state index contributed by atoms with van der Waals surface area (Å²) in [4.78, 5) is 19.7. The standard InChI is InChI=1S/C30H37F2N5O3Si/c1-19-28-23(25(30(38)39-3)17-36(28)18-40-10-11-41(4,5)6)14-27(34-19)37-9-7-8-20-12-22(21-15-33-35(2)16-21)24(29(31)32)13-26(20)37/h12-17,29H,7-11,18H2,1-6H3. The van der Waals surface area contributed by atoms with Gasteiger partial charge >= 0.3 is 5.97 Å². The molecule has 4 aromatic rings. The second-order valence-corrected chi connectivity index (χ2v) is 17.5. The van der Waals surface area contributed by atoms with E-state index in [0.717, 1.165) is 35.7 Å². The molecule has 0 amide bonds. The topological polar surface area (TPSA) is 74.4 Å². The molecule has 1 aliphatic rings. The number of esters is 1. The van der Waals surface area contributed by atoms with Gasteiger partial charge in [-0.25, -0.2) is 18.6 Å². The molecule has 0 saturated heterocycles. The van der Waals surface area contributed by atoms with E-state index in [1.54, 1.807) is 36.4 Å². The molecule has 0 bridgehead atoms. The molecule has 41 heavy (non-hydrogen) atoms. The molecular weight excluding hydrogens is 544 g/mol. The zero-order valence-electron chi connectivity index (χ0n) is 24.5. The van der Waals surface area contributed by atoms with E-state index in [2.05, 4.69) is 24.7 Å². The van der Waals surface area contributed by atoms with E-state index in [4.69, 9.17) is 14.5 Å². The fourth-order valence-electron chi connectivity index (χ4n) is 5.44. The van der Waals surface area contributed by atoms with E-state index in [1.165, 1.54) is 7.11 Å². The van der Waals surface area contributed by atoms with Crippen LogP contribution in [0.5, 0.6) is 0 Å². The number of benzene rings is 1. The van der Waals surface area contributed by atoms with E-state index < -0.39 is 20.5 Å². The lowest BCUT2D eigenvalue weighted by Gasteiger charge is -2.32. The molecule has 218 valence electrons. The number of aromatic nitrogens is 4.